The van der Waals surface area contributed by atoms with Crippen LogP contribution in [0, 0.1) is 6.92 Å². The number of carbonyl (C=O) groups is 1. The molecule has 0 saturated heterocycles. The maximum atomic E-state index is 12.0. The van der Waals surface area contributed by atoms with Crippen molar-refractivity contribution in [1.82, 2.24) is 10.3 Å². The normalized spacial score (nSPS) is 11.1. The van der Waals surface area contributed by atoms with Crippen LogP contribution in [0.1, 0.15) is 36.8 Å². The van der Waals surface area contributed by atoms with Crippen LogP contribution in [0.5, 0.6) is 0 Å². The van der Waals surface area contributed by atoms with Crippen LogP contribution in [-0.2, 0) is 0 Å². The first-order valence-electron chi connectivity index (χ1n) is 5.30. The molecule has 1 aromatic heterocycles. The van der Waals surface area contributed by atoms with Gasteiger partial charge < -0.3 is 10.6 Å². The topological polar surface area (TPSA) is 54.0 Å². The van der Waals surface area contributed by atoms with Crippen molar-refractivity contribution in [3.8, 4) is 0 Å². The lowest BCUT2D eigenvalue weighted by molar-refractivity contribution is 0.0920. The number of aryl methyl sites for hydroxylation is 1. The Morgan fingerprint density at radius 1 is 1.38 bits per heavy atom. The van der Waals surface area contributed by atoms with Crippen LogP contribution >= 0.6 is 0 Å². The molecule has 0 saturated carbocycles. The van der Waals surface area contributed by atoms with Gasteiger partial charge in [-0.1, -0.05) is 0 Å². The minimum Gasteiger partial charge on any atom is -0.387 e. The van der Waals surface area contributed by atoms with Gasteiger partial charge >= 0.3 is 0 Å². The zero-order valence-corrected chi connectivity index (χ0v) is 10.5. The molecule has 0 aromatic carbocycles. The summed E-state index contributed by atoms with van der Waals surface area (Å²) in [7, 11) is 1.79. The van der Waals surface area contributed by atoms with Crippen molar-refractivity contribution in [2.75, 3.05) is 12.4 Å². The number of anilines is 1. The van der Waals surface area contributed by atoms with Gasteiger partial charge in [0.2, 0.25) is 0 Å². The van der Waals surface area contributed by atoms with E-state index in [4.69, 9.17) is 0 Å². The van der Waals surface area contributed by atoms with Crippen LogP contribution in [0.2, 0.25) is 0 Å². The molecule has 0 spiro atoms. The second kappa shape index (κ2) is 4.51. The van der Waals surface area contributed by atoms with Gasteiger partial charge in [-0.25, -0.2) is 0 Å². The summed E-state index contributed by atoms with van der Waals surface area (Å²) in [5.74, 6) is -0.107. The maximum absolute atomic E-state index is 12.0. The van der Waals surface area contributed by atoms with Crippen molar-refractivity contribution in [1.29, 1.82) is 0 Å². The minimum absolute atomic E-state index is 0.107. The fourth-order valence-electron chi connectivity index (χ4n) is 1.36. The Labute approximate surface area is 96.5 Å². The first kappa shape index (κ1) is 12.5. The zero-order valence-electron chi connectivity index (χ0n) is 10.5. The molecule has 0 radical (unpaired) electrons. The molecule has 4 nitrogen and oxygen atoms in total. The molecule has 2 N–H and O–H groups in total. The van der Waals surface area contributed by atoms with E-state index < -0.39 is 0 Å². The van der Waals surface area contributed by atoms with Crippen LogP contribution < -0.4 is 10.6 Å². The van der Waals surface area contributed by atoms with Gasteiger partial charge in [0, 0.05) is 24.5 Å². The third-order valence-electron chi connectivity index (χ3n) is 2.04. The summed E-state index contributed by atoms with van der Waals surface area (Å²) in [6.45, 7) is 7.75. The molecular weight excluding hydrogens is 202 g/mol. The average molecular weight is 221 g/mol. The number of pyridine rings is 1. The van der Waals surface area contributed by atoms with Crippen LogP contribution in [0.25, 0.3) is 0 Å². The number of amides is 1. The van der Waals surface area contributed by atoms with Crippen molar-refractivity contribution >= 4 is 11.6 Å². The summed E-state index contributed by atoms with van der Waals surface area (Å²) in [6.07, 6.45) is 1.60. The number of nitrogens with zero attached hydrogens (tertiary/aromatic N) is 1. The Morgan fingerprint density at radius 3 is 2.50 bits per heavy atom. The smallest absolute Gasteiger partial charge is 0.255 e. The molecule has 1 amide bonds. The van der Waals surface area contributed by atoms with E-state index >= 15 is 0 Å². The number of rotatable bonds is 2. The number of nitrogens with one attached hydrogen (secondary N) is 2. The van der Waals surface area contributed by atoms with Gasteiger partial charge in [0.1, 0.15) is 0 Å². The summed E-state index contributed by atoms with van der Waals surface area (Å²) in [5.41, 5.74) is 2.02. The molecule has 4 heteroatoms. The molecule has 0 aliphatic heterocycles. The summed E-state index contributed by atoms with van der Waals surface area (Å²) < 4.78 is 0. The molecule has 0 atom stereocenters. The van der Waals surface area contributed by atoms with E-state index in [1.54, 1.807) is 13.2 Å². The van der Waals surface area contributed by atoms with Gasteiger partial charge in [0.15, 0.2) is 0 Å². The van der Waals surface area contributed by atoms with Crippen molar-refractivity contribution in [3.05, 3.63) is 23.5 Å². The zero-order chi connectivity index (χ0) is 12.3. The molecule has 16 heavy (non-hydrogen) atoms. The van der Waals surface area contributed by atoms with Gasteiger partial charge in [-0.3, -0.25) is 9.78 Å². The first-order valence-corrected chi connectivity index (χ1v) is 5.30. The molecule has 0 aliphatic carbocycles. The largest absolute Gasteiger partial charge is 0.387 e. The number of hydrogen-bond acceptors (Lipinski definition) is 3. The molecule has 0 unspecified atom stereocenters. The van der Waals surface area contributed by atoms with Gasteiger partial charge in [-0.15, -0.1) is 0 Å². The lowest BCUT2D eigenvalue weighted by atomic mass is 10.1. The van der Waals surface area contributed by atoms with Crippen LogP contribution in [0.4, 0.5) is 5.69 Å². The quantitative estimate of drug-likeness (QED) is 0.802. The Bertz CT molecular complexity index is 394. The van der Waals surface area contributed by atoms with Crippen molar-refractivity contribution in [2.24, 2.45) is 0 Å². The van der Waals surface area contributed by atoms with E-state index in [1.807, 2.05) is 33.8 Å². The lowest BCUT2D eigenvalue weighted by Crippen LogP contribution is -2.40. The van der Waals surface area contributed by atoms with E-state index in [9.17, 15) is 4.79 Å². The first-order chi connectivity index (χ1) is 7.33. The fraction of sp³-hybridized carbons (Fsp3) is 0.500. The van der Waals surface area contributed by atoms with E-state index in [2.05, 4.69) is 15.6 Å². The highest BCUT2D eigenvalue weighted by atomic mass is 16.1. The summed E-state index contributed by atoms with van der Waals surface area (Å²) in [6, 6.07) is 1.86. The molecule has 1 rings (SSSR count). The van der Waals surface area contributed by atoms with Gasteiger partial charge in [-0.2, -0.15) is 0 Å². The highest BCUT2D eigenvalue weighted by Crippen LogP contribution is 2.15. The number of hydrogen-bond donors (Lipinski definition) is 2. The number of carbonyl (C=O) groups excluding carboxylic acids is 1. The van der Waals surface area contributed by atoms with E-state index in [-0.39, 0.29) is 11.4 Å². The molecule has 0 aliphatic rings. The minimum atomic E-state index is -0.243. The second-order valence-corrected chi connectivity index (χ2v) is 4.83. The van der Waals surface area contributed by atoms with Crippen molar-refractivity contribution in [3.63, 3.8) is 0 Å². The van der Waals surface area contributed by atoms with Crippen LogP contribution in [0.3, 0.4) is 0 Å². The molecule has 1 heterocycles. The summed E-state index contributed by atoms with van der Waals surface area (Å²) >= 11 is 0. The predicted octanol–water partition coefficient (Wildman–Crippen LogP) is 1.96. The third-order valence-corrected chi connectivity index (χ3v) is 2.04. The Morgan fingerprint density at radius 2 is 2.00 bits per heavy atom. The summed E-state index contributed by atoms with van der Waals surface area (Å²) in [5, 5.41) is 5.91. The maximum Gasteiger partial charge on any atom is 0.255 e. The monoisotopic (exact) mass is 221 g/mol. The molecule has 1 aromatic rings. The number of aromatic nitrogens is 1. The molecule has 88 valence electrons. The molecular formula is C12H19N3O. The fourth-order valence-corrected chi connectivity index (χ4v) is 1.36. The highest BCUT2D eigenvalue weighted by Gasteiger charge is 2.17. The predicted molar refractivity (Wildman–Crippen MR) is 65.7 cm³/mol. The van der Waals surface area contributed by atoms with Crippen LogP contribution in [-0.4, -0.2) is 23.5 Å². The van der Waals surface area contributed by atoms with Crippen molar-refractivity contribution < 1.29 is 4.79 Å². The van der Waals surface area contributed by atoms with Gasteiger partial charge in [-0.05, 0) is 33.8 Å². The van der Waals surface area contributed by atoms with E-state index in [0.29, 0.717) is 5.56 Å². The van der Waals surface area contributed by atoms with Crippen molar-refractivity contribution in [2.45, 2.75) is 33.2 Å². The SMILES string of the molecule is CNc1cc(C)ncc1C(=O)NC(C)(C)C. The lowest BCUT2D eigenvalue weighted by Gasteiger charge is -2.21. The standard InChI is InChI=1S/C12H19N3O/c1-8-6-10(13-5)9(7-14-8)11(16)15-12(2,3)4/h6-7H,1-5H3,(H,13,14)(H,15,16). The Kier molecular flexibility index (Phi) is 3.52. The summed E-state index contributed by atoms with van der Waals surface area (Å²) in [4.78, 5) is 16.1. The Balaban J connectivity index is 2.99. The van der Waals surface area contributed by atoms with Gasteiger partial charge in [0.05, 0.1) is 11.3 Å². The molecule has 0 bridgehead atoms. The highest BCUT2D eigenvalue weighted by molar-refractivity contribution is 5.99. The van der Waals surface area contributed by atoms with Gasteiger partial charge in [0.25, 0.3) is 5.91 Å². The van der Waals surface area contributed by atoms with Crippen LogP contribution in [0.15, 0.2) is 12.3 Å². The second-order valence-electron chi connectivity index (χ2n) is 4.83. The Hall–Kier alpha value is -1.58. The van der Waals surface area contributed by atoms with E-state index in [1.165, 1.54) is 0 Å². The third kappa shape index (κ3) is 3.22. The van der Waals surface area contributed by atoms with E-state index in [0.717, 1.165) is 11.4 Å². The average Bonchev–Trinajstić information content (AvgIpc) is 2.14. The molecule has 0 fully saturated rings.